The maximum Gasteiger partial charge on any atom is 0.251 e. The number of nitrogens with zero attached hydrogens (tertiary/aromatic N) is 1. The smallest absolute Gasteiger partial charge is 0.251 e. The van der Waals surface area contributed by atoms with E-state index in [1.807, 2.05) is 30.3 Å². The Balaban J connectivity index is 1.28. The lowest BCUT2D eigenvalue weighted by molar-refractivity contribution is 0.0952. The lowest BCUT2D eigenvalue weighted by Gasteiger charge is -2.17. The maximum atomic E-state index is 12.4. The number of benzene rings is 3. The zero-order chi connectivity index (χ0) is 22.1. The molecule has 0 spiro atoms. The minimum absolute atomic E-state index is 0.0731. The average molecular weight is 422 g/mol. The largest absolute Gasteiger partial charge is 0.508 e. The van der Waals surface area contributed by atoms with Gasteiger partial charge in [-0.25, -0.2) is 0 Å². The lowest BCUT2D eigenvalue weighted by Crippen LogP contribution is -2.29. The molecule has 0 radical (unpaired) electrons. The Morgan fingerprint density at radius 3 is 2.26 bits per heavy atom. The van der Waals surface area contributed by atoms with E-state index in [1.165, 1.54) is 0 Å². The monoisotopic (exact) mass is 421 g/mol. The highest BCUT2D eigenvalue weighted by molar-refractivity contribution is 5.98. The predicted molar refractivity (Wildman–Crippen MR) is 124 cm³/mol. The van der Waals surface area contributed by atoms with E-state index in [2.05, 4.69) is 22.6 Å². The van der Waals surface area contributed by atoms with Crippen molar-refractivity contribution < 1.29 is 15.0 Å². The van der Waals surface area contributed by atoms with Gasteiger partial charge in [-0.15, -0.1) is 0 Å². The average Bonchev–Trinajstić information content (AvgIpc) is 2.77. The summed E-state index contributed by atoms with van der Waals surface area (Å²) in [6, 6.07) is 17.9. The van der Waals surface area contributed by atoms with Gasteiger partial charge in [0, 0.05) is 18.7 Å². The topological polar surface area (TPSA) is 84.8 Å². The number of carbonyl (C=O) groups excluding carboxylic acids is 1. The minimum Gasteiger partial charge on any atom is -0.508 e. The molecule has 0 aromatic heterocycles. The summed E-state index contributed by atoms with van der Waals surface area (Å²) in [6.45, 7) is 4.28. The molecule has 0 atom stereocenters. The Hall–Kier alpha value is -3.09. The molecule has 3 aromatic carbocycles. The van der Waals surface area contributed by atoms with Gasteiger partial charge in [-0.3, -0.25) is 4.79 Å². The number of fused-ring (bicyclic) bond motifs is 1. The molecule has 0 unspecified atom stereocenters. The Morgan fingerprint density at radius 1 is 0.839 bits per heavy atom. The molecule has 164 valence electrons. The first kappa shape index (κ1) is 22.6. The van der Waals surface area contributed by atoms with Crippen molar-refractivity contribution in [2.24, 2.45) is 0 Å². The van der Waals surface area contributed by atoms with Crippen molar-refractivity contribution >= 4 is 16.7 Å². The first-order chi connectivity index (χ1) is 15.0. The predicted octanol–water partition coefficient (Wildman–Crippen LogP) is 3.48. The van der Waals surface area contributed by atoms with Gasteiger partial charge in [0.15, 0.2) is 0 Å². The molecular weight excluding hydrogens is 390 g/mol. The molecule has 3 rings (SSSR count). The van der Waals surface area contributed by atoms with Gasteiger partial charge in [0.05, 0.1) is 0 Å². The van der Waals surface area contributed by atoms with Crippen molar-refractivity contribution in [2.75, 3.05) is 33.2 Å². The summed E-state index contributed by atoms with van der Waals surface area (Å²) in [4.78, 5) is 14.7. The van der Waals surface area contributed by atoms with Crippen LogP contribution < -0.4 is 10.6 Å². The van der Waals surface area contributed by atoms with Crippen molar-refractivity contribution in [3.05, 3.63) is 71.8 Å². The van der Waals surface area contributed by atoms with E-state index in [0.717, 1.165) is 55.4 Å². The highest BCUT2D eigenvalue weighted by Gasteiger charge is 2.07. The number of rotatable bonds is 11. The van der Waals surface area contributed by atoms with Crippen LogP contribution in [0.4, 0.5) is 0 Å². The Bertz CT molecular complexity index is 989. The number of hydrogen-bond donors (Lipinski definition) is 4. The molecule has 6 nitrogen and oxygen atoms in total. The van der Waals surface area contributed by atoms with Crippen LogP contribution in [-0.4, -0.2) is 54.2 Å². The molecule has 1 amide bonds. The van der Waals surface area contributed by atoms with Crippen molar-refractivity contribution in [1.82, 2.24) is 15.5 Å². The molecule has 0 saturated carbocycles. The number of carbonyl (C=O) groups is 1. The van der Waals surface area contributed by atoms with E-state index in [0.29, 0.717) is 17.9 Å². The van der Waals surface area contributed by atoms with Crippen LogP contribution in [0.1, 0.15) is 28.8 Å². The minimum atomic E-state index is -0.0731. The first-order valence-corrected chi connectivity index (χ1v) is 10.7. The van der Waals surface area contributed by atoms with E-state index in [-0.39, 0.29) is 11.7 Å². The summed E-state index contributed by atoms with van der Waals surface area (Å²) in [5.74, 6) is 0.443. The molecule has 31 heavy (non-hydrogen) atoms. The van der Waals surface area contributed by atoms with Crippen molar-refractivity contribution in [3.8, 4) is 11.5 Å². The number of hydrogen-bond acceptors (Lipinski definition) is 5. The summed E-state index contributed by atoms with van der Waals surface area (Å²) in [6.07, 6.45) is 1.94. The normalized spacial score (nSPS) is 11.2. The second kappa shape index (κ2) is 11.3. The van der Waals surface area contributed by atoms with Gasteiger partial charge < -0.3 is 25.7 Å². The Morgan fingerprint density at radius 2 is 1.48 bits per heavy atom. The third-order valence-corrected chi connectivity index (χ3v) is 5.25. The molecule has 0 aliphatic carbocycles. The molecule has 0 fully saturated rings. The SMILES string of the molecule is CN(CCCNCc1ccc(O)cc1)CCCNC(=O)c1ccc2cc(O)ccc2c1. The fourth-order valence-electron chi connectivity index (χ4n) is 3.46. The van der Waals surface area contributed by atoms with E-state index in [1.54, 1.807) is 30.3 Å². The van der Waals surface area contributed by atoms with Gasteiger partial charge in [-0.05, 0) is 92.3 Å². The quantitative estimate of drug-likeness (QED) is 0.356. The van der Waals surface area contributed by atoms with Gasteiger partial charge in [0.25, 0.3) is 5.91 Å². The van der Waals surface area contributed by atoms with Crippen LogP contribution in [0.3, 0.4) is 0 Å². The van der Waals surface area contributed by atoms with Crippen LogP contribution in [0, 0.1) is 0 Å². The summed E-state index contributed by atoms with van der Waals surface area (Å²) in [5.41, 5.74) is 1.79. The van der Waals surface area contributed by atoms with Crippen LogP contribution in [-0.2, 0) is 6.54 Å². The third kappa shape index (κ3) is 7.27. The molecule has 0 heterocycles. The standard InChI is InChI=1S/C25H31N3O3/c1-28(14-2-12-26-18-19-4-9-23(29)10-5-19)15-3-13-27-25(31)22-7-6-21-17-24(30)11-8-20(21)16-22/h4-11,16-17,26,29-30H,2-3,12-15,18H2,1H3,(H,27,31). The van der Waals surface area contributed by atoms with Gasteiger partial charge in [0.1, 0.15) is 11.5 Å². The second-order valence-corrected chi connectivity index (χ2v) is 7.86. The van der Waals surface area contributed by atoms with E-state index in [4.69, 9.17) is 0 Å². The molecule has 0 bridgehead atoms. The lowest BCUT2D eigenvalue weighted by atomic mass is 10.1. The van der Waals surface area contributed by atoms with Crippen LogP contribution in [0.15, 0.2) is 60.7 Å². The van der Waals surface area contributed by atoms with E-state index < -0.39 is 0 Å². The number of phenols is 2. The van der Waals surface area contributed by atoms with E-state index in [9.17, 15) is 15.0 Å². The third-order valence-electron chi connectivity index (χ3n) is 5.25. The Labute approximate surface area is 183 Å². The summed E-state index contributed by atoms with van der Waals surface area (Å²) < 4.78 is 0. The number of nitrogens with one attached hydrogen (secondary N) is 2. The number of phenolic OH excluding ortho intramolecular Hbond substituents is 2. The van der Waals surface area contributed by atoms with Crippen molar-refractivity contribution in [3.63, 3.8) is 0 Å². The second-order valence-electron chi connectivity index (χ2n) is 7.86. The molecule has 0 aliphatic rings. The highest BCUT2D eigenvalue weighted by atomic mass is 16.3. The zero-order valence-corrected chi connectivity index (χ0v) is 18.0. The van der Waals surface area contributed by atoms with Crippen molar-refractivity contribution in [1.29, 1.82) is 0 Å². The fraction of sp³-hybridized carbons (Fsp3) is 0.320. The summed E-state index contributed by atoms with van der Waals surface area (Å²) >= 11 is 0. The van der Waals surface area contributed by atoms with Crippen LogP contribution in [0.25, 0.3) is 10.8 Å². The van der Waals surface area contributed by atoms with E-state index >= 15 is 0 Å². The first-order valence-electron chi connectivity index (χ1n) is 10.7. The number of aromatic hydroxyl groups is 2. The molecule has 0 aliphatic heterocycles. The number of amides is 1. The van der Waals surface area contributed by atoms with Crippen molar-refractivity contribution in [2.45, 2.75) is 19.4 Å². The molecule has 4 N–H and O–H groups in total. The van der Waals surface area contributed by atoms with Gasteiger partial charge >= 0.3 is 0 Å². The van der Waals surface area contributed by atoms with Gasteiger partial charge in [-0.2, -0.15) is 0 Å². The van der Waals surface area contributed by atoms with Gasteiger partial charge in [-0.1, -0.05) is 24.3 Å². The molecule has 0 saturated heterocycles. The molecule has 6 heteroatoms. The summed E-state index contributed by atoms with van der Waals surface area (Å²) in [5, 5.41) is 27.1. The van der Waals surface area contributed by atoms with Crippen LogP contribution in [0.2, 0.25) is 0 Å². The van der Waals surface area contributed by atoms with Gasteiger partial charge in [0.2, 0.25) is 0 Å². The maximum absolute atomic E-state index is 12.4. The molecule has 3 aromatic rings. The van der Waals surface area contributed by atoms with Crippen LogP contribution in [0.5, 0.6) is 11.5 Å². The molecular formula is C25H31N3O3. The Kier molecular flexibility index (Phi) is 8.27. The zero-order valence-electron chi connectivity index (χ0n) is 18.0. The summed E-state index contributed by atoms with van der Waals surface area (Å²) in [7, 11) is 2.10. The van der Waals surface area contributed by atoms with Crippen LogP contribution >= 0.6 is 0 Å². The highest BCUT2D eigenvalue weighted by Crippen LogP contribution is 2.21. The fourth-order valence-corrected chi connectivity index (χ4v) is 3.46.